The van der Waals surface area contributed by atoms with E-state index in [0.29, 0.717) is 0 Å². The largest absolute Gasteiger partial charge is 0.100 e. The first-order chi connectivity index (χ1) is 6.61. The van der Waals surface area contributed by atoms with Crippen LogP contribution in [0.3, 0.4) is 0 Å². The first-order valence-corrected chi connectivity index (χ1v) is 6.26. The number of hydrogen-bond donors (Lipinski definition) is 0. The molecule has 0 rings (SSSR count). The predicted molar refractivity (Wildman–Crippen MR) is 66.5 cm³/mol. The lowest BCUT2D eigenvalue weighted by atomic mass is 9.84. The van der Waals surface area contributed by atoms with Crippen molar-refractivity contribution in [1.82, 2.24) is 0 Å². The molecule has 0 amide bonds. The maximum absolute atomic E-state index is 3.97. The van der Waals surface area contributed by atoms with Crippen molar-refractivity contribution < 1.29 is 0 Å². The van der Waals surface area contributed by atoms with Crippen LogP contribution >= 0.6 is 0 Å². The number of allylic oxidation sites excluding steroid dienone is 1. The zero-order chi connectivity index (χ0) is 11.0. The van der Waals surface area contributed by atoms with Crippen LogP contribution in [-0.2, 0) is 0 Å². The van der Waals surface area contributed by atoms with Crippen LogP contribution in [0, 0.1) is 11.8 Å². The lowest BCUT2D eigenvalue weighted by Gasteiger charge is -2.22. The molecule has 0 fully saturated rings. The Morgan fingerprint density at radius 2 is 1.86 bits per heavy atom. The Morgan fingerprint density at radius 3 is 2.29 bits per heavy atom. The molecule has 14 heavy (non-hydrogen) atoms. The number of hydrogen-bond acceptors (Lipinski definition) is 0. The van der Waals surface area contributed by atoms with Crippen LogP contribution < -0.4 is 0 Å². The van der Waals surface area contributed by atoms with Gasteiger partial charge < -0.3 is 0 Å². The predicted octanol–water partition coefficient (Wildman–Crippen LogP) is 5.20. The molecule has 2 unspecified atom stereocenters. The van der Waals surface area contributed by atoms with E-state index in [1.807, 2.05) is 0 Å². The summed E-state index contributed by atoms with van der Waals surface area (Å²) in [6, 6.07) is 0. The highest BCUT2D eigenvalue weighted by Gasteiger charge is 2.14. The summed E-state index contributed by atoms with van der Waals surface area (Å²) >= 11 is 0. The Labute approximate surface area is 90.8 Å². The molecule has 0 aliphatic carbocycles. The molecule has 0 aliphatic rings. The van der Waals surface area contributed by atoms with Gasteiger partial charge in [-0.25, -0.2) is 0 Å². The fourth-order valence-electron chi connectivity index (χ4n) is 2.07. The molecule has 0 heteroatoms. The Hall–Kier alpha value is -0.260. The van der Waals surface area contributed by atoms with Gasteiger partial charge in [0.25, 0.3) is 0 Å². The molecule has 0 saturated heterocycles. The topological polar surface area (TPSA) is 0 Å². The SMILES string of the molecule is C=C(C)CCC(C)C(CC)CCCC. The second-order valence-electron chi connectivity index (χ2n) is 4.78. The van der Waals surface area contributed by atoms with Crippen LogP contribution in [0.4, 0.5) is 0 Å². The minimum Gasteiger partial charge on any atom is -0.100 e. The molecule has 0 radical (unpaired) electrons. The van der Waals surface area contributed by atoms with E-state index in [9.17, 15) is 0 Å². The molecular weight excluding hydrogens is 168 g/mol. The minimum absolute atomic E-state index is 0.878. The Balaban J connectivity index is 3.78. The van der Waals surface area contributed by atoms with Gasteiger partial charge in [0.2, 0.25) is 0 Å². The van der Waals surface area contributed by atoms with Gasteiger partial charge in [0.05, 0.1) is 0 Å². The molecule has 0 N–H and O–H groups in total. The zero-order valence-corrected chi connectivity index (χ0v) is 10.6. The third kappa shape index (κ3) is 6.23. The molecule has 0 bridgehead atoms. The summed E-state index contributed by atoms with van der Waals surface area (Å²) in [4.78, 5) is 0. The van der Waals surface area contributed by atoms with Crippen molar-refractivity contribution in [3.8, 4) is 0 Å². The van der Waals surface area contributed by atoms with E-state index in [1.54, 1.807) is 0 Å². The standard InChI is InChI=1S/C14H28/c1-6-8-9-14(7-2)13(5)11-10-12(3)4/h13-14H,3,6-11H2,1-2,4-5H3. The fraction of sp³-hybridized carbons (Fsp3) is 0.857. The van der Waals surface area contributed by atoms with Crippen molar-refractivity contribution in [2.75, 3.05) is 0 Å². The Kier molecular flexibility index (Phi) is 7.93. The molecule has 84 valence electrons. The van der Waals surface area contributed by atoms with Gasteiger partial charge in [0.15, 0.2) is 0 Å². The molecule has 0 aliphatic heterocycles. The van der Waals surface area contributed by atoms with Crippen molar-refractivity contribution in [2.24, 2.45) is 11.8 Å². The summed E-state index contributed by atoms with van der Waals surface area (Å²) < 4.78 is 0. The van der Waals surface area contributed by atoms with Gasteiger partial charge in [-0.05, 0) is 31.6 Å². The maximum atomic E-state index is 3.97. The Morgan fingerprint density at radius 1 is 1.21 bits per heavy atom. The molecular formula is C14H28. The average molecular weight is 196 g/mol. The second kappa shape index (κ2) is 8.08. The van der Waals surface area contributed by atoms with Crippen LogP contribution in [-0.4, -0.2) is 0 Å². The quantitative estimate of drug-likeness (QED) is 0.468. The van der Waals surface area contributed by atoms with E-state index in [4.69, 9.17) is 0 Å². The van der Waals surface area contributed by atoms with Crippen molar-refractivity contribution in [3.05, 3.63) is 12.2 Å². The lowest BCUT2D eigenvalue weighted by Crippen LogP contribution is -2.11. The monoisotopic (exact) mass is 196 g/mol. The van der Waals surface area contributed by atoms with Gasteiger partial charge in [-0.1, -0.05) is 52.0 Å². The van der Waals surface area contributed by atoms with E-state index in [2.05, 4.69) is 34.3 Å². The summed E-state index contributed by atoms with van der Waals surface area (Å²) in [5.74, 6) is 1.82. The molecule has 0 heterocycles. The van der Waals surface area contributed by atoms with Crippen LogP contribution in [0.1, 0.15) is 66.2 Å². The number of rotatable bonds is 8. The van der Waals surface area contributed by atoms with Crippen molar-refractivity contribution in [3.63, 3.8) is 0 Å². The summed E-state index contributed by atoms with van der Waals surface area (Å²) in [7, 11) is 0. The Bertz CT molecular complexity index is 146. The molecule has 0 nitrogen and oxygen atoms in total. The molecule has 2 atom stereocenters. The van der Waals surface area contributed by atoms with E-state index in [-0.39, 0.29) is 0 Å². The number of unbranched alkanes of at least 4 members (excludes halogenated alkanes) is 1. The molecule has 0 spiro atoms. The fourth-order valence-corrected chi connectivity index (χ4v) is 2.07. The highest BCUT2D eigenvalue weighted by Crippen LogP contribution is 2.26. The highest BCUT2D eigenvalue weighted by molar-refractivity contribution is 4.88. The average Bonchev–Trinajstić information content (AvgIpc) is 2.16. The van der Waals surface area contributed by atoms with Gasteiger partial charge in [0.1, 0.15) is 0 Å². The van der Waals surface area contributed by atoms with Gasteiger partial charge in [-0.15, -0.1) is 6.58 Å². The molecule has 0 aromatic rings. The van der Waals surface area contributed by atoms with Crippen LogP contribution in [0.2, 0.25) is 0 Å². The van der Waals surface area contributed by atoms with E-state index in [1.165, 1.54) is 44.1 Å². The van der Waals surface area contributed by atoms with Crippen LogP contribution in [0.5, 0.6) is 0 Å². The summed E-state index contributed by atoms with van der Waals surface area (Å²) in [6.07, 6.45) is 8.04. The normalized spacial score (nSPS) is 15.1. The summed E-state index contributed by atoms with van der Waals surface area (Å²) in [5, 5.41) is 0. The smallest absolute Gasteiger partial charge is 0.0323 e. The van der Waals surface area contributed by atoms with Crippen molar-refractivity contribution in [1.29, 1.82) is 0 Å². The van der Waals surface area contributed by atoms with Gasteiger partial charge in [-0.3, -0.25) is 0 Å². The first kappa shape index (κ1) is 13.7. The van der Waals surface area contributed by atoms with E-state index < -0.39 is 0 Å². The first-order valence-electron chi connectivity index (χ1n) is 6.26. The third-order valence-corrected chi connectivity index (χ3v) is 3.28. The molecule has 0 saturated carbocycles. The van der Waals surface area contributed by atoms with Gasteiger partial charge in [0, 0.05) is 0 Å². The van der Waals surface area contributed by atoms with Crippen LogP contribution in [0.15, 0.2) is 12.2 Å². The molecule has 0 aromatic carbocycles. The minimum atomic E-state index is 0.878. The maximum Gasteiger partial charge on any atom is -0.0323 e. The van der Waals surface area contributed by atoms with E-state index in [0.717, 1.165) is 11.8 Å². The van der Waals surface area contributed by atoms with Gasteiger partial charge >= 0.3 is 0 Å². The van der Waals surface area contributed by atoms with Gasteiger partial charge in [-0.2, -0.15) is 0 Å². The van der Waals surface area contributed by atoms with Crippen LogP contribution in [0.25, 0.3) is 0 Å². The third-order valence-electron chi connectivity index (χ3n) is 3.28. The van der Waals surface area contributed by atoms with Crippen molar-refractivity contribution in [2.45, 2.75) is 66.2 Å². The molecule has 0 aromatic heterocycles. The van der Waals surface area contributed by atoms with Crippen molar-refractivity contribution >= 4 is 0 Å². The lowest BCUT2D eigenvalue weighted by molar-refractivity contribution is 0.302. The van der Waals surface area contributed by atoms with E-state index >= 15 is 0 Å². The highest BCUT2D eigenvalue weighted by atomic mass is 14.2. The second-order valence-corrected chi connectivity index (χ2v) is 4.78. The summed E-state index contributed by atoms with van der Waals surface area (Å²) in [6.45, 7) is 13.1. The zero-order valence-electron chi connectivity index (χ0n) is 10.6. The summed E-state index contributed by atoms with van der Waals surface area (Å²) in [5.41, 5.74) is 1.34.